The molecule has 1 aliphatic rings. The van der Waals surface area contributed by atoms with Gasteiger partial charge in [-0.1, -0.05) is 37.3 Å². The monoisotopic (exact) mass is 334 g/mol. The summed E-state index contributed by atoms with van der Waals surface area (Å²) in [6.07, 6.45) is 7.66. The number of H-pyrrole nitrogens is 1. The highest BCUT2D eigenvalue weighted by molar-refractivity contribution is 6.38. The van der Waals surface area contributed by atoms with E-state index >= 15 is 0 Å². The molecule has 1 amide bonds. The molecule has 23 heavy (non-hydrogen) atoms. The Kier molecular flexibility index (Phi) is 4.64. The van der Waals surface area contributed by atoms with E-state index in [0.717, 1.165) is 55.0 Å². The summed E-state index contributed by atoms with van der Waals surface area (Å²) in [5, 5.41) is 14.8. The van der Waals surface area contributed by atoms with E-state index in [2.05, 4.69) is 10.3 Å². The molecule has 1 aromatic carbocycles. The van der Waals surface area contributed by atoms with Crippen LogP contribution in [0.5, 0.6) is 0 Å². The van der Waals surface area contributed by atoms with Crippen molar-refractivity contribution in [2.45, 2.75) is 51.0 Å². The molecule has 1 saturated carbocycles. The molecule has 4 nitrogen and oxygen atoms in total. The number of nitrogens with one attached hydrogen (secondary N) is 2. The van der Waals surface area contributed by atoms with E-state index in [1.807, 2.05) is 19.2 Å². The minimum atomic E-state index is -0.786. The van der Waals surface area contributed by atoms with Crippen LogP contribution in [0.25, 0.3) is 10.9 Å². The van der Waals surface area contributed by atoms with Crippen molar-refractivity contribution < 1.29 is 9.90 Å². The summed E-state index contributed by atoms with van der Waals surface area (Å²) in [5.74, 6) is -0.223. The Morgan fingerprint density at radius 2 is 2.04 bits per heavy atom. The summed E-state index contributed by atoms with van der Waals surface area (Å²) >= 11 is 6.39. The van der Waals surface area contributed by atoms with Crippen LogP contribution in [0, 0.1) is 6.92 Å². The van der Waals surface area contributed by atoms with Crippen LogP contribution in [0.3, 0.4) is 0 Å². The number of hydrogen-bond acceptors (Lipinski definition) is 2. The topological polar surface area (TPSA) is 65.1 Å². The molecule has 2 aromatic rings. The fraction of sp³-hybridized carbons (Fsp3) is 0.500. The molecule has 0 spiro atoms. The molecular weight excluding hydrogens is 312 g/mol. The van der Waals surface area contributed by atoms with Gasteiger partial charge in [-0.2, -0.15) is 0 Å². The molecule has 3 N–H and O–H groups in total. The third-order valence-corrected chi connectivity index (χ3v) is 5.24. The Labute approximate surface area is 141 Å². The Hall–Kier alpha value is -1.52. The number of aromatic nitrogens is 1. The summed E-state index contributed by atoms with van der Waals surface area (Å²) in [4.78, 5) is 15.7. The summed E-state index contributed by atoms with van der Waals surface area (Å²) < 4.78 is 0. The largest absolute Gasteiger partial charge is 0.388 e. The quantitative estimate of drug-likeness (QED) is 0.744. The fourth-order valence-electron chi connectivity index (χ4n) is 3.44. The van der Waals surface area contributed by atoms with E-state index in [4.69, 9.17) is 11.6 Å². The van der Waals surface area contributed by atoms with Crippen molar-refractivity contribution in [3.63, 3.8) is 0 Å². The van der Waals surface area contributed by atoms with Gasteiger partial charge in [-0.3, -0.25) is 4.79 Å². The Morgan fingerprint density at radius 3 is 2.74 bits per heavy atom. The van der Waals surface area contributed by atoms with Gasteiger partial charge in [0.1, 0.15) is 0 Å². The first-order chi connectivity index (χ1) is 11.0. The summed E-state index contributed by atoms with van der Waals surface area (Å²) in [6.45, 7) is 2.23. The first kappa shape index (κ1) is 16.3. The number of aryl methyl sites for hydroxylation is 1. The minimum absolute atomic E-state index is 0.223. The van der Waals surface area contributed by atoms with E-state index in [-0.39, 0.29) is 12.5 Å². The smallest absolute Gasteiger partial charge is 0.252 e. The van der Waals surface area contributed by atoms with Crippen molar-refractivity contribution in [2.24, 2.45) is 0 Å². The second kappa shape index (κ2) is 6.54. The van der Waals surface area contributed by atoms with Gasteiger partial charge in [-0.25, -0.2) is 0 Å². The average Bonchev–Trinajstić information content (AvgIpc) is 2.93. The van der Waals surface area contributed by atoms with Crippen LogP contribution in [0.15, 0.2) is 18.3 Å². The van der Waals surface area contributed by atoms with E-state index < -0.39 is 5.60 Å². The Balaban J connectivity index is 1.77. The molecule has 1 aromatic heterocycles. The molecule has 0 unspecified atom stereocenters. The fourth-order valence-corrected chi connectivity index (χ4v) is 3.74. The van der Waals surface area contributed by atoms with Crippen molar-refractivity contribution in [1.82, 2.24) is 10.3 Å². The summed E-state index contributed by atoms with van der Waals surface area (Å²) in [5.41, 5.74) is 1.61. The van der Waals surface area contributed by atoms with Crippen molar-refractivity contribution >= 4 is 28.4 Å². The molecule has 0 aliphatic heterocycles. The number of benzene rings is 1. The second-order valence-electron chi connectivity index (χ2n) is 6.64. The third kappa shape index (κ3) is 3.38. The number of carbonyl (C=O) groups excluding carboxylic acids is 1. The number of aromatic amines is 1. The maximum Gasteiger partial charge on any atom is 0.252 e. The molecule has 0 atom stereocenters. The van der Waals surface area contributed by atoms with E-state index in [1.54, 1.807) is 6.07 Å². The van der Waals surface area contributed by atoms with Crippen molar-refractivity contribution in [2.75, 3.05) is 6.54 Å². The third-order valence-electron chi connectivity index (χ3n) is 4.83. The molecule has 1 fully saturated rings. The van der Waals surface area contributed by atoms with Crippen LogP contribution in [0.1, 0.15) is 54.4 Å². The number of amides is 1. The van der Waals surface area contributed by atoms with Gasteiger partial charge in [-0.15, -0.1) is 0 Å². The van der Waals surface area contributed by atoms with Gasteiger partial charge in [-0.05, 0) is 37.5 Å². The zero-order chi connectivity index (χ0) is 16.4. The van der Waals surface area contributed by atoms with Gasteiger partial charge in [0.05, 0.1) is 16.2 Å². The van der Waals surface area contributed by atoms with Crippen LogP contribution in [0.4, 0.5) is 0 Å². The van der Waals surface area contributed by atoms with Crippen molar-refractivity contribution in [3.05, 3.63) is 34.5 Å². The zero-order valence-corrected chi connectivity index (χ0v) is 14.2. The number of fused-ring (bicyclic) bond motifs is 1. The maximum atomic E-state index is 12.5. The second-order valence-corrected chi connectivity index (χ2v) is 7.02. The van der Waals surface area contributed by atoms with Gasteiger partial charge in [0.2, 0.25) is 0 Å². The van der Waals surface area contributed by atoms with Crippen molar-refractivity contribution in [3.8, 4) is 0 Å². The van der Waals surface area contributed by atoms with Gasteiger partial charge in [0.15, 0.2) is 0 Å². The number of hydrogen-bond donors (Lipinski definition) is 3. The molecule has 1 heterocycles. The lowest BCUT2D eigenvalue weighted by Crippen LogP contribution is -2.42. The lowest BCUT2D eigenvalue weighted by Gasteiger charge is -2.27. The molecule has 0 saturated heterocycles. The van der Waals surface area contributed by atoms with E-state index in [0.29, 0.717) is 10.6 Å². The highest BCUT2D eigenvalue weighted by Gasteiger charge is 2.29. The predicted octanol–water partition coefficient (Wildman–Crippen LogP) is 3.94. The molecule has 0 radical (unpaired) electrons. The Morgan fingerprint density at radius 1 is 1.35 bits per heavy atom. The maximum absolute atomic E-state index is 12.5. The van der Waals surface area contributed by atoms with Gasteiger partial charge in [0.25, 0.3) is 5.91 Å². The molecule has 124 valence electrons. The normalized spacial score (nSPS) is 17.9. The van der Waals surface area contributed by atoms with E-state index in [1.165, 1.54) is 0 Å². The van der Waals surface area contributed by atoms with Crippen LogP contribution in [-0.2, 0) is 0 Å². The SMILES string of the molecule is Cc1cc(C(=O)NCC2(O)CCCCCC2)c(Cl)c2cc[nH]c12. The summed E-state index contributed by atoms with van der Waals surface area (Å²) in [7, 11) is 0. The van der Waals surface area contributed by atoms with Crippen LogP contribution < -0.4 is 5.32 Å². The van der Waals surface area contributed by atoms with Gasteiger partial charge < -0.3 is 15.4 Å². The standard InChI is InChI=1S/C18H23ClN2O2/c1-12-10-14(15(19)13-6-9-20-16(12)13)17(22)21-11-18(23)7-4-2-3-5-8-18/h6,9-10,20,23H,2-5,7-8,11H2,1H3,(H,21,22). The van der Waals surface area contributed by atoms with Crippen LogP contribution in [0.2, 0.25) is 5.02 Å². The first-order valence-electron chi connectivity index (χ1n) is 8.27. The lowest BCUT2D eigenvalue weighted by atomic mass is 9.94. The van der Waals surface area contributed by atoms with E-state index in [9.17, 15) is 9.90 Å². The number of carbonyl (C=O) groups is 1. The van der Waals surface area contributed by atoms with Crippen LogP contribution >= 0.6 is 11.6 Å². The van der Waals surface area contributed by atoms with Gasteiger partial charge in [0, 0.05) is 23.6 Å². The minimum Gasteiger partial charge on any atom is -0.388 e. The number of rotatable bonds is 3. The molecule has 3 rings (SSSR count). The van der Waals surface area contributed by atoms with Gasteiger partial charge >= 0.3 is 0 Å². The molecule has 1 aliphatic carbocycles. The highest BCUT2D eigenvalue weighted by Crippen LogP contribution is 2.30. The first-order valence-corrected chi connectivity index (χ1v) is 8.65. The Bertz CT molecular complexity index is 715. The lowest BCUT2D eigenvalue weighted by molar-refractivity contribution is 0.0246. The van der Waals surface area contributed by atoms with Crippen molar-refractivity contribution in [1.29, 1.82) is 0 Å². The summed E-state index contributed by atoms with van der Waals surface area (Å²) in [6, 6.07) is 3.67. The molecular formula is C18H23ClN2O2. The zero-order valence-electron chi connectivity index (χ0n) is 13.4. The number of aliphatic hydroxyl groups is 1. The highest BCUT2D eigenvalue weighted by atomic mass is 35.5. The van der Waals surface area contributed by atoms with Crippen LogP contribution in [-0.4, -0.2) is 28.1 Å². The number of halogens is 1. The predicted molar refractivity (Wildman–Crippen MR) is 93.0 cm³/mol. The molecule has 5 heteroatoms. The average molecular weight is 335 g/mol. The molecule has 0 bridgehead atoms.